The molecule has 1 unspecified atom stereocenters. The number of amides is 1. The predicted molar refractivity (Wildman–Crippen MR) is 137 cm³/mol. The second-order valence-electron chi connectivity index (χ2n) is 9.49. The number of hydrogen-bond donors (Lipinski definition) is 3. The van der Waals surface area contributed by atoms with Gasteiger partial charge in [0, 0.05) is 31.7 Å². The highest BCUT2D eigenvalue weighted by Gasteiger charge is 2.32. The minimum atomic E-state index is -3.66. The Hall–Kier alpha value is -3.25. The lowest BCUT2D eigenvalue weighted by Gasteiger charge is -2.34. The van der Waals surface area contributed by atoms with Gasteiger partial charge in [0.1, 0.15) is 17.0 Å². The van der Waals surface area contributed by atoms with E-state index in [4.69, 9.17) is 0 Å². The maximum Gasteiger partial charge on any atom is 0.245 e. The van der Waals surface area contributed by atoms with E-state index in [1.54, 1.807) is 34.8 Å². The maximum absolute atomic E-state index is 13.4. The zero-order valence-electron chi connectivity index (χ0n) is 20.4. The minimum Gasteiger partial charge on any atom is -0.375 e. The first kappa shape index (κ1) is 24.4. The number of para-hydroxylation sites is 1. The molecule has 2 aliphatic rings. The summed E-state index contributed by atoms with van der Waals surface area (Å²) in [6.07, 6.45) is 7.76. The third-order valence-electron chi connectivity index (χ3n) is 6.97. The Balaban J connectivity index is 1.22. The molecule has 4 heterocycles. The van der Waals surface area contributed by atoms with Crippen molar-refractivity contribution in [3.05, 3.63) is 36.8 Å². The number of carbonyl (C=O) groups excluding carboxylic acids is 1. The van der Waals surface area contributed by atoms with Gasteiger partial charge in [0.25, 0.3) is 0 Å². The molecule has 3 aromatic rings. The zero-order valence-corrected chi connectivity index (χ0v) is 21.2. The van der Waals surface area contributed by atoms with Crippen LogP contribution in [0.2, 0.25) is 0 Å². The highest BCUT2D eigenvalue weighted by atomic mass is 32.2. The van der Waals surface area contributed by atoms with Gasteiger partial charge in [-0.3, -0.25) is 9.89 Å². The Labute approximate surface area is 210 Å². The smallest absolute Gasteiger partial charge is 0.245 e. The standard InChI is InChI=1S/C24H32N8O3S/c1-17-7-4-5-12-32(17)36(34,35)21-10-3-2-9-20(21)25-14-22(33)29-18-8-6-11-31(15-18)24-19-13-28-30-23(19)26-16-27-24/h2-3,9-10,13,16-18,25H,4-8,11-12,14-15H2,1H3,(H,29,33)(H,26,27,28,30)/t17?,18-/m1/s1. The van der Waals surface area contributed by atoms with Crippen LogP contribution in [0, 0.1) is 0 Å². The summed E-state index contributed by atoms with van der Waals surface area (Å²) in [6, 6.07) is 6.73. The number of aromatic nitrogens is 4. The molecule has 12 heteroatoms. The lowest BCUT2D eigenvalue weighted by atomic mass is 10.1. The Morgan fingerprint density at radius 3 is 2.86 bits per heavy atom. The van der Waals surface area contributed by atoms with Crippen LogP contribution in [0.4, 0.5) is 11.5 Å². The molecule has 1 amide bonds. The molecule has 0 spiro atoms. The minimum absolute atomic E-state index is 0.0158. The van der Waals surface area contributed by atoms with Crippen molar-refractivity contribution in [2.24, 2.45) is 0 Å². The molecule has 0 radical (unpaired) electrons. The second-order valence-corrected chi connectivity index (χ2v) is 11.4. The van der Waals surface area contributed by atoms with Gasteiger partial charge in [-0.05, 0) is 44.7 Å². The van der Waals surface area contributed by atoms with Crippen LogP contribution in [0.25, 0.3) is 11.0 Å². The number of H-pyrrole nitrogens is 1. The number of benzene rings is 1. The van der Waals surface area contributed by atoms with Gasteiger partial charge >= 0.3 is 0 Å². The molecule has 1 aromatic carbocycles. The van der Waals surface area contributed by atoms with E-state index in [1.165, 1.54) is 6.33 Å². The molecule has 0 bridgehead atoms. The summed E-state index contributed by atoms with van der Waals surface area (Å²) in [5.74, 6) is 0.619. The van der Waals surface area contributed by atoms with Crippen LogP contribution in [0.15, 0.2) is 41.7 Å². The number of fused-ring (bicyclic) bond motifs is 1. The number of rotatable bonds is 7. The van der Waals surface area contributed by atoms with Gasteiger partial charge in [-0.25, -0.2) is 18.4 Å². The number of nitrogens with zero attached hydrogens (tertiary/aromatic N) is 5. The van der Waals surface area contributed by atoms with Gasteiger partial charge in [-0.15, -0.1) is 0 Å². The third-order valence-corrected chi connectivity index (χ3v) is 9.04. The first-order chi connectivity index (χ1) is 17.4. The lowest BCUT2D eigenvalue weighted by Crippen LogP contribution is -2.49. The fraction of sp³-hybridized carbons (Fsp3) is 0.500. The quantitative estimate of drug-likeness (QED) is 0.438. The van der Waals surface area contributed by atoms with Crippen LogP contribution >= 0.6 is 0 Å². The van der Waals surface area contributed by atoms with Crippen LogP contribution in [-0.2, 0) is 14.8 Å². The van der Waals surface area contributed by atoms with E-state index in [1.807, 2.05) is 6.92 Å². The highest BCUT2D eigenvalue weighted by molar-refractivity contribution is 7.89. The molecule has 36 heavy (non-hydrogen) atoms. The van der Waals surface area contributed by atoms with E-state index in [0.29, 0.717) is 24.4 Å². The lowest BCUT2D eigenvalue weighted by molar-refractivity contribution is -0.120. The molecule has 0 aliphatic carbocycles. The monoisotopic (exact) mass is 512 g/mol. The number of piperidine rings is 2. The average molecular weight is 513 g/mol. The highest BCUT2D eigenvalue weighted by Crippen LogP contribution is 2.29. The zero-order chi connectivity index (χ0) is 25.1. The molecule has 0 saturated carbocycles. The first-order valence-electron chi connectivity index (χ1n) is 12.5. The molecule has 2 aliphatic heterocycles. The number of nitrogens with one attached hydrogen (secondary N) is 3. The van der Waals surface area contributed by atoms with Crippen molar-refractivity contribution in [3.8, 4) is 0 Å². The first-order valence-corrected chi connectivity index (χ1v) is 13.9. The van der Waals surface area contributed by atoms with Gasteiger partial charge in [-0.2, -0.15) is 9.40 Å². The maximum atomic E-state index is 13.4. The number of sulfonamides is 1. The summed E-state index contributed by atoms with van der Waals surface area (Å²) in [5.41, 5.74) is 1.13. The van der Waals surface area contributed by atoms with Gasteiger partial charge in [0.05, 0.1) is 23.8 Å². The van der Waals surface area contributed by atoms with Crippen molar-refractivity contribution in [1.29, 1.82) is 0 Å². The molecule has 5 rings (SSSR count). The number of aromatic amines is 1. The predicted octanol–water partition coefficient (Wildman–Crippen LogP) is 2.11. The van der Waals surface area contributed by atoms with Crippen LogP contribution in [-0.4, -0.2) is 77.1 Å². The van der Waals surface area contributed by atoms with Crippen molar-refractivity contribution in [1.82, 2.24) is 29.8 Å². The van der Waals surface area contributed by atoms with Gasteiger partial charge in [0.2, 0.25) is 15.9 Å². The fourth-order valence-corrected chi connectivity index (χ4v) is 7.01. The van der Waals surface area contributed by atoms with Crippen LogP contribution in [0.3, 0.4) is 0 Å². The van der Waals surface area contributed by atoms with E-state index < -0.39 is 10.0 Å². The molecule has 2 aromatic heterocycles. The summed E-state index contributed by atoms with van der Waals surface area (Å²) in [5, 5.41) is 13.9. The topological polar surface area (TPSA) is 136 Å². The Morgan fingerprint density at radius 1 is 1.14 bits per heavy atom. The number of hydrogen-bond acceptors (Lipinski definition) is 8. The molecule has 3 N–H and O–H groups in total. The Kier molecular flexibility index (Phi) is 7.06. The Bertz CT molecular complexity index is 1330. The van der Waals surface area contributed by atoms with Crippen LogP contribution < -0.4 is 15.5 Å². The SMILES string of the molecule is CC1CCCCN1S(=O)(=O)c1ccccc1NCC(=O)N[C@@H]1CCCN(c2ncnc3[nH]ncc23)C1. The molecular formula is C24H32N8O3S. The van der Waals surface area contributed by atoms with E-state index in [2.05, 4.69) is 35.7 Å². The van der Waals surface area contributed by atoms with E-state index in [-0.39, 0.29) is 29.4 Å². The van der Waals surface area contributed by atoms with Crippen molar-refractivity contribution in [3.63, 3.8) is 0 Å². The largest absolute Gasteiger partial charge is 0.375 e. The molecule has 2 atom stereocenters. The molecule has 11 nitrogen and oxygen atoms in total. The molecule has 192 valence electrons. The van der Waals surface area contributed by atoms with Crippen molar-refractivity contribution in [2.75, 3.05) is 36.4 Å². The van der Waals surface area contributed by atoms with Crippen molar-refractivity contribution >= 4 is 38.5 Å². The second kappa shape index (κ2) is 10.4. The van der Waals surface area contributed by atoms with Crippen LogP contribution in [0.5, 0.6) is 0 Å². The molecule has 2 saturated heterocycles. The number of carbonyl (C=O) groups is 1. The van der Waals surface area contributed by atoms with E-state index in [9.17, 15) is 13.2 Å². The molecule has 2 fully saturated rings. The Morgan fingerprint density at radius 2 is 2.00 bits per heavy atom. The molecular weight excluding hydrogens is 480 g/mol. The average Bonchev–Trinajstić information content (AvgIpc) is 3.37. The van der Waals surface area contributed by atoms with Crippen molar-refractivity contribution in [2.45, 2.75) is 56.0 Å². The summed E-state index contributed by atoms with van der Waals surface area (Å²) in [4.78, 5) is 23.8. The van der Waals surface area contributed by atoms with Gasteiger partial charge in [-0.1, -0.05) is 18.6 Å². The van der Waals surface area contributed by atoms with Gasteiger partial charge < -0.3 is 15.5 Å². The summed E-state index contributed by atoms with van der Waals surface area (Å²) in [7, 11) is -3.66. The van der Waals surface area contributed by atoms with Crippen molar-refractivity contribution < 1.29 is 13.2 Å². The summed E-state index contributed by atoms with van der Waals surface area (Å²) in [6.45, 7) is 3.92. The third kappa shape index (κ3) is 5.00. The fourth-order valence-electron chi connectivity index (χ4n) is 5.14. The van der Waals surface area contributed by atoms with Gasteiger partial charge in [0.15, 0.2) is 5.65 Å². The summed E-state index contributed by atoms with van der Waals surface area (Å²) >= 11 is 0. The normalized spacial score (nSPS) is 21.4. The van der Waals surface area contributed by atoms with E-state index >= 15 is 0 Å². The van der Waals surface area contributed by atoms with E-state index in [0.717, 1.165) is 49.9 Å². The summed E-state index contributed by atoms with van der Waals surface area (Å²) < 4.78 is 28.4. The van der Waals surface area contributed by atoms with Crippen LogP contribution in [0.1, 0.15) is 39.0 Å². The number of anilines is 2.